The van der Waals surface area contributed by atoms with Crippen molar-refractivity contribution in [2.45, 2.75) is 25.3 Å². The Morgan fingerprint density at radius 1 is 1.50 bits per heavy atom. The van der Waals surface area contributed by atoms with Crippen molar-refractivity contribution in [1.29, 1.82) is 0 Å². The van der Waals surface area contributed by atoms with Crippen LogP contribution < -0.4 is 5.32 Å². The fourth-order valence-electron chi connectivity index (χ4n) is 0.925. The van der Waals surface area contributed by atoms with E-state index in [9.17, 15) is 4.79 Å². The summed E-state index contributed by atoms with van der Waals surface area (Å²) in [6, 6.07) is 0.0312. The summed E-state index contributed by atoms with van der Waals surface area (Å²) >= 11 is 0. The molecule has 0 aromatic carbocycles. The standard InChI is InChI=1S/C6H10NO/c8-5-6-3-1-2-4-7-6/h5-6H,1-4H2. The van der Waals surface area contributed by atoms with Gasteiger partial charge in [-0.1, -0.05) is 6.42 Å². The smallest absolute Gasteiger partial charge is 0.138 e. The molecule has 1 radical (unpaired) electrons. The molecule has 0 aromatic heterocycles. The third-order valence-corrected chi connectivity index (χ3v) is 1.43. The molecule has 1 aliphatic heterocycles. The molecule has 45 valence electrons. The van der Waals surface area contributed by atoms with Gasteiger partial charge < -0.3 is 4.79 Å². The molecule has 0 aliphatic carbocycles. The lowest BCUT2D eigenvalue weighted by atomic mass is 10.1. The average molecular weight is 112 g/mol. The van der Waals surface area contributed by atoms with Crippen LogP contribution in [0.5, 0.6) is 0 Å². The molecule has 0 N–H and O–H groups in total. The molecule has 0 aromatic rings. The van der Waals surface area contributed by atoms with Crippen LogP contribution in [0, 0.1) is 0 Å². The summed E-state index contributed by atoms with van der Waals surface area (Å²) in [7, 11) is 0. The van der Waals surface area contributed by atoms with E-state index in [1.165, 1.54) is 12.8 Å². The van der Waals surface area contributed by atoms with Crippen molar-refractivity contribution in [3.63, 3.8) is 0 Å². The molecule has 1 fully saturated rings. The molecule has 1 atom stereocenters. The van der Waals surface area contributed by atoms with Crippen molar-refractivity contribution in [3.05, 3.63) is 0 Å². The van der Waals surface area contributed by atoms with Gasteiger partial charge in [0.05, 0.1) is 6.04 Å². The summed E-state index contributed by atoms with van der Waals surface area (Å²) in [6.07, 6.45) is 4.26. The summed E-state index contributed by atoms with van der Waals surface area (Å²) in [4.78, 5) is 10.1. The lowest BCUT2D eigenvalue weighted by Gasteiger charge is -2.14. The highest BCUT2D eigenvalue weighted by Gasteiger charge is 2.10. The van der Waals surface area contributed by atoms with E-state index in [0.717, 1.165) is 19.3 Å². The molecule has 8 heavy (non-hydrogen) atoms. The number of hydrogen-bond acceptors (Lipinski definition) is 1. The minimum atomic E-state index is 0.0312. The third kappa shape index (κ3) is 1.30. The van der Waals surface area contributed by atoms with Crippen molar-refractivity contribution in [2.75, 3.05) is 6.54 Å². The molecule has 1 heterocycles. The number of carbonyl (C=O) groups is 1. The SMILES string of the molecule is O=CC1CCCC[N]1. The zero-order chi connectivity index (χ0) is 5.82. The van der Waals surface area contributed by atoms with Crippen molar-refractivity contribution in [1.82, 2.24) is 5.32 Å². The van der Waals surface area contributed by atoms with Gasteiger partial charge in [-0.3, -0.25) is 0 Å². The summed E-state index contributed by atoms with van der Waals surface area (Å²) in [5.74, 6) is 0. The van der Waals surface area contributed by atoms with Crippen LogP contribution in [0.4, 0.5) is 0 Å². The van der Waals surface area contributed by atoms with Gasteiger partial charge in [0.25, 0.3) is 0 Å². The van der Waals surface area contributed by atoms with Crippen LogP contribution in [-0.4, -0.2) is 18.9 Å². The molecular formula is C6H10NO. The molecule has 1 unspecified atom stereocenters. The minimum absolute atomic E-state index is 0.0312. The van der Waals surface area contributed by atoms with Crippen LogP contribution in [0.15, 0.2) is 0 Å². The van der Waals surface area contributed by atoms with Gasteiger partial charge in [0.2, 0.25) is 0 Å². The Labute approximate surface area is 49.3 Å². The zero-order valence-electron chi connectivity index (χ0n) is 4.84. The van der Waals surface area contributed by atoms with Gasteiger partial charge in [-0.05, 0) is 12.8 Å². The predicted molar refractivity (Wildman–Crippen MR) is 30.7 cm³/mol. The van der Waals surface area contributed by atoms with E-state index in [1.807, 2.05) is 0 Å². The Kier molecular flexibility index (Phi) is 2.03. The zero-order valence-corrected chi connectivity index (χ0v) is 4.84. The van der Waals surface area contributed by atoms with Gasteiger partial charge in [0.15, 0.2) is 0 Å². The number of nitrogens with zero attached hydrogens (tertiary/aromatic N) is 1. The molecule has 1 aliphatic rings. The first-order chi connectivity index (χ1) is 3.93. The van der Waals surface area contributed by atoms with E-state index in [1.54, 1.807) is 0 Å². The fraction of sp³-hybridized carbons (Fsp3) is 0.833. The Hall–Kier alpha value is -0.370. The number of carbonyl (C=O) groups excluding carboxylic acids is 1. The normalized spacial score (nSPS) is 29.8. The predicted octanol–water partition coefficient (Wildman–Crippen LogP) is 0.342. The van der Waals surface area contributed by atoms with E-state index in [-0.39, 0.29) is 6.04 Å². The van der Waals surface area contributed by atoms with Crippen molar-refractivity contribution in [3.8, 4) is 0 Å². The van der Waals surface area contributed by atoms with Gasteiger partial charge in [-0.25, -0.2) is 5.32 Å². The maximum Gasteiger partial charge on any atom is 0.138 e. The monoisotopic (exact) mass is 112 g/mol. The van der Waals surface area contributed by atoms with E-state index in [2.05, 4.69) is 5.32 Å². The molecule has 1 rings (SSSR count). The Bertz CT molecular complexity index is 76.6. The Morgan fingerprint density at radius 2 is 2.38 bits per heavy atom. The van der Waals surface area contributed by atoms with Crippen molar-refractivity contribution >= 4 is 6.29 Å². The molecule has 0 spiro atoms. The summed E-state index contributed by atoms with van der Waals surface area (Å²) < 4.78 is 0. The fourth-order valence-corrected chi connectivity index (χ4v) is 0.925. The maximum absolute atomic E-state index is 10.1. The Morgan fingerprint density at radius 3 is 2.75 bits per heavy atom. The minimum Gasteiger partial charge on any atom is -0.302 e. The van der Waals surface area contributed by atoms with Gasteiger partial charge in [0, 0.05) is 6.54 Å². The van der Waals surface area contributed by atoms with E-state index < -0.39 is 0 Å². The number of piperidine rings is 1. The molecule has 1 saturated heterocycles. The van der Waals surface area contributed by atoms with Gasteiger partial charge in [-0.2, -0.15) is 0 Å². The summed E-state index contributed by atoms with van der Waals surface area (Å²) in [5, 5.41) is 4.08. The van der Waals surface area contributed by atoms with E-state index in [0.29, 0.717) is 0 Å². The summed E-state index contributed by atoms with van der Waals surface area (Å²) in [5.41, 5.74) is 0. The highest BCUT2D eigenvalue weighted by molar-refractivity contribution is 5.57. The van der Waals surface area contributed by atoms with E-state index >= 15 is 0 Å². The first-order valence-corrected chi connectivity index (χ1v) is 3.05. The first-order valence-electron chi connectivity index (χ1n) is 3.05. The van der Waals surface area contributed by atoms with Gasteiger partial charge in [0.1, 0.15) is 6.29 Å². The Balaban J connectivity index is 2.22. The molecule has 0 saturated carbocycles. The van der Waals surface area contributed by atoms with Crippen LogP contribution in [0.1, 0.15) is 19.3 Å². The van der Waals surface area contributed by atoms with Crippen LogP contribution in [0.3, 0.4) is 0 Å². The van der Waals surface area contributed by atoms with Crippen molar-refractivity contribution in [2.24, 2.45) is 0 Å². The second-order valence-corrected chi connectivity index (χ2v) is 2.11. The molecule has 2 nitrogen and oxygen atoms in total. The second kappa shape index (κ2) is 2.82. The van der Waals surface area contributed by atoms with Gasteiger partial charge >= 0.3 is 0 Å². The molecular weight excluding hydrogens is 102 g/mol. The third-order valence-electron chi connectivity index (χ3n) is 1.43. The van der Waals surface area contributed by atoms with E-state index in [4.69, 9.17) is 0 Å². The topological polar surface area (TPSA) is 31.2 Å². The average Bonchev–Trinajstić information content (AvgIpc) is 1.90. The first kappa shape index (κ1) is 5.76. The van der Waals surface area contributed by atoms with Crippen LogP contribution in [0.2, 0.25) is 0 Å². The number of hydrogen-bond donors (Lipinski definition) is 0. The van der Waals surface area contributed by atoms with Crippen LogP contribution in [-0.2, 0) is 4.79 Å². The maximum atomic E-state index is 10.1. The molecule has 0 bridgehead atoms. The number of rotatable bonds is 1. The summed E-state index contributed by atoms with van der Waals surface area (Å²) in [6.45, 7) is 0.892. The van der Waals surface area contributed by atoms with Crippen molar-refractivity contribution < 1.29 is 4.79 Å². The largest absolute Gasteiger partial charge is 0.302 e. The van der Waals surface area contributed by atoms with Crippen LogP contribution >= 0.6 is 0 Å². The quantitative estimate of drug-likeness (QED) is 0.450. The number of aldehydes is 1. The second-order valence-electron chi connectivity index (χ2n) is 2.11. The highest BCUT2D eigenvalue weighted by atomic mass is 16.1. The lowest BCUT2D eigenvalue weighted by molar-refractivity contribution is -0.110. The van der Waals surface area contributed by atoms with Crippen LogP contribution in [0.25, 0.3) is 0 Å². The highest BCUT2D eigenvalue weighted by Crippen LogP contribution is 2.05. The molecule has 0 amide bonds. The lowest BCUT2D eigenvalue weighted by Crippen LogP contribution is -2.28. The van der Waals surface area contributed by atoms with Gasteiger partial charge in [-0.15, -0.1) is 0 Å². The molecule has 2 heteroatoms.